The van der Waals surface area contributed by atoms with Gasteiger partial charge in [0.15, 0.2) is 9.84 Å². The van der Waals surface area contributed by atoms with Crippen LogP contribution in [0.3, 0.4) is 0 Å². The molecule has 1 aromatic carbocycles. The summed E-state index contributed by atoms with van der Waals surface area (Å²) in [5, 5.41) is 0. The fourth-order valence-electron chi connectivity index (χ4n) is 1.86. The van der Waals surface area contributed by atoms with Gasteiger partial charge in [0.1, 0.15) is 5.82 Å². The van der Waals surface area contributed by atoms with Crippen LogP contribution in [-0.4, -0.2) is 32.7 Å². The lowest BCUT2D eigenvalue weighted by Gasteiger charge is -2.09. The third-order valence-corrected chi connectivity index (χ3v) is 4.05. The third kappa shape index (κ3) is 3.19. The Morgan fingerprint density at radius 3 is 2.38 bits per heavy atom. The Morgan fingerprint density at radius 2 is 1.86 bits per heavy atom. The smallest absolute Gasteiger partial charge is 0.338 e. The van der Waals surface area contributed by atoms with Crippen molar-refractivity contribution in [2.24, 2.45) is 0 Å². The highest BCUT2D eigenvalue weighted by molar-refractivity contribution is 7.90. The first-order valence-corrected chi connectivity index (χ1v) is 7.86. The number of aromatic nitrogens is 1. The van der Waals surface area contributed by atoms with Gasteiger partial charge < -0.3 is 10.5 Å². The molecule has 1 heterocycles. The number of sulfone groups is 1. The Kier molecular flexibility index (Phi) is 3.95. The van der Waals surface area contributed by atoms with Gasteiger partial charge >= 0.3 is 5.97 Å². The van der Waals surface area contributed by atoms with Crippen molar-refractivity contribution in [2.45, 2.75) is 4.90 Å². The van der Waals surface area contributed by atoms with E-state index in [1.54, 1.807) is 12.1 Å². The van der Waals surface area contributed by atoms with Gasteiger partial charge in [-0.25, -0.2) is 18.2 Å². The number of rotatable bonds is 3. The highest BCUT2D eigenvalue weighted by atomic mass is 32.2. The number of pyridine rings is 1. The standard InChI is InChI=1S/C14H14N2O4S/c1-20-14(17)11-7-13(15)16-8-12(11)9-3-5-10(6-4-9)21(2,18)19/h3-8H,1-2H3,(H2,15,16). The molecule has 0 radical (unpaired) electrons. The molecule has 0 saturated carbocycles. The van der Waals surface area contributed by atoms with E-state index in [0.29, 0.717) is 11.1 Å². The molecule has 0 aliphatic heterocycles. The third-order valence-electron chi connectivity index (χ3n) is 2.92. The zero-order chi connectivity index (χ0) is 15.6. The first kappa shape index (κ1) is 15.0. The van der Waals surface area contributed by atoms with Crippen LogP contribution in [-0.2, 0) is 14.6 Å². The predicted molar refractivity (Wildman–Crippen MR) is 78.5 cm³/mol. The molecule has 2 N–H and O–H groups in total. The van der Waals surface area contributed by atoms with Gasteiger partial charge in [0.05, 0.1) is 17.6 Å². The molecule has 0 spiro atoms. The normalized spacial score (nSPS) is 11.1. The van der Waals surface area contributed by atoms with Gasteiger partial charge in [0.2, 0.25) is 0 Å². The van der Waals surface area contributed by atoms with Crippen molar-refractivity contribution in [1.29, 1.82) is 0 Å². The van der Waals surface area contributed by atoms with E-state index in [-0.39, 0.29) is 16.3 Å². The van der Waals surface area contributed by atoms with Crippen molar-refractivity contribution in [1.82, 2.24) is 4.98 Å². The number of carbonyl (C=O) groups excluding carboxylic acids is 1. The van der Waals surface area contributed by atoms with Gasteiger partial charge in [-0.2, -0.15) is 0 Å². The zero-order valence-electron chi connectivity index (χ0n) is 11.5. The van der Waals surface area contributed by atoms with E-state index in [1.165, 1.54) is 31.5 Å². The topological polar surface area (TPSA) is 99.3 Å². The van der Waals surface area contributed by atoms with E-state index in [9.17, 15) is 13.2 Å². The number of esters is 1. The summed E-state index contributed by atoms with van der Waals surface area (Å²) in [5.41, 5.74) is 7.03. The van der Waals surface area contributed by atoms with Gasteiger partial charge in [-0.1, -0.05) is 12.1 Å². The monoisotopic (exact) mass is 306 g/mol. The van der Waals surface area contributed by atoms with Crippen LogP contribution in [0.5, 0.6) is 0 Å². The number of carbonyl (C=O) groups is 1. The average molecular weight is 306 g/mol. The maximum absolute atomic E-state index is 11.8. The number of hydrogen-bond donors (Lipinski definition) is 1. The molecule has 0 atom stereocenters. The Morgan fingerprint density at radius 1 is 1.24 bits per heavy atom. The lowest BCUT2D eigenvalue weighted by Crippen LogP contribution is -2.06. The summed E-state index contributed by atoms with van der Waals surface area (Å²) in [4.78, 5) is 15.9. The lowest BCUT2D eigenvalue weighted by atomic mass is 10.0. The molecule has 0 aliphatic carbocycles. The molecule has 2 aromatic rings. The quantitative estimate of drug-likeness (QED) is 0.863. The second-order valence-corrected chi connectivity index (χ2v) is 6.46. The first-order chi connectivity index (χ1) is 9.82. The minimum atomic E-state index is -3.27. The second-order valence-electron chi connectivity index (χ2n) is 4.44. The van der Waals surface area contributed by atoms with E-state index in [0.717, 1.165) is 6.26 Å². The molecule has 2 rings (SSSR count). The van der Waals surface area contributed by atoms with Crippen molar-refractivity contribution >= 4 is 21.6 Å². The van der Waals surface area contributed by atoms with Crippen LogP contribution in [0.1, 0.15) is 10.4 Å². The minimum Gasteiger partial charge on any atom is -0.465 e. The van der Waals surface area contributed by atoms with Crippen molar-refractivity contribution in [2.75, 3.05) is 19.1 Å². The van der Waals surface area contributed by atoms with Crippen LogP contribution < -0.4 is 5.73 Å². The minimum absolute atomic E-state index is 0.201. The fraction of sp³-hybridized carbons (Fsp3) is 0.143. The Labute approximate surface area is 122 Å². The second kappa shape index (κ2) is 5.53. The number of nitrogens with zero attached hydrogens (tertiary/aromatic N) is 1. The molecule has 7 heteroatoms. The van der Waals surface area contributed by atoms with Gasteiger partial charge in [-0.05, 0) is 23.8 Å². The van der Waals surface area contributed by atoms with Crippen LogP contribution >= 0.6 is 0 Å². The highest BCUT2D eigenvalue weighted by Crippen LogP contribution is 2.26. The molecule has 21 heavy (non-hydrogen) atoms. The first-order valence-electron chi connectivity index (χ1n) is 5.97. The molecule has 0 aliphatic rings. The van der Waals surface area contributed by atoms with Crippen LogP contribution in [0.2, 0.25) is 0 Å². The molecule has 0 saturated heterocycles. The summed E-state index contributed by atoms with van der Waals surface area (Å²) in [5.74, 6) is -0.335. The van der Waals surface area contributed by atoms with Gasteiger partial charge in [0.25, 0.3) is 0 Å². The van der Waals surface area contributed by atoms with Crippen molar-refractivity contribution in [3.8, 4) is 11.1 Å². The summed E-state index contributed by atoms with van der Waals surface area (Å²) in [6.07, 6.45) is 2.59. The number of nitrogen functional groups attached to an aromatic ring is 1. The summed E-state index contributed by atoms with van der Waals surface area (Å²) in [7, 11) is -1.99. The summed E-state index contributed by atoms with van der Waals surface area (Å²) < 4.78 is 27.6. The van der Waals surface area contributed by atoms with Crippen LogP contribution in [0.15, 0.2) is 41.4 Å². The van der Waals surface area contributed by atoms with E-state index in [1.807, 2.05) is 0 Å². The van der Waals surface area contributed by atoms with E-state index >= 15 is 0 Å². The molecule has 0 bridgehead atoms. The average Bonchev–Trinajstić information content (AvgIpc) is 2.45. The molecule has 1 aromatic heterocycles. The maximum Gasteiger partial charge on any atom is 0.338 e. The number of benzene rings is 1. The molecule has 0 amide bonds. The Balaban J connectivity index is 2.54. The predicted octanol–water partition coefficient (Wildman–Crippen LogP) is 1.52. The van der Waals surface area contributed by atoms with Crippen molar-refractivity contribution < 1.29 is 17.9 Å². The van der Waals surface area contributed by atoms with Crippen LogP contribution in [0, 0.1) is 0 Å². The Hall–Kier alpha value is -2.41. The van der Waals surface area contributed by atoms with Crippen LogP contribution in [0.4, 0.5) is 5.82 Å². The van der Waals surface area contributed by atoms with Gasteiger partial charge in [0, 0.05) is 18.0 Å². The molecule has 6 nitrogen and oxygen atoms in total. The molecule has 0 unspecified atom stereocenters. The van der Waals surface area contributed by atoms with Crippen molar-refractivity contribution in [3.05, 3.63) is 42.1 Å². The number of anilines is 1. The number of nitrogens with two attached hydrogens (primary N) is 1. The number of ether oxygens (including phenoxy) is 1. The van der Waals surface area contributed by atoms with Crippen molar-refractivity contribution in [3.63, 3.8) is 0 Å². The maximum atomic E-state index is 11.8. The molecular formula is C14H14N2O4S. The zero-order valence-corrected chi connectivity index (χ0v) is 12.3. The number of methoxy groups -OCH3 is 1. The molecular weight excluding hydrogens is 292 g/mol. The molecule has 110 valence electrons. The van der Waals surface area contributed by atoms with Gasteiger partial charge in [-0.15, -0.1) is 0 Å². The fourth-order valence-corrected chi connectivity index (χ4v) is 2.49. The van der Waals surface area contributed by atoms with E-state index < -0.39 is 15.8 Å². The highest BCUT2D eigenvalue weighted by Gasteiger charge is 2.15. The largest absolute Gasteiger partial charge is 0.465 e. The molecule has 0 fully saturated rings. The summed E-state index contributed by atoms with van der Waals surface area (Å²) in [6.45, 7) is 0. The SMILES string of the molecule is COC(=O)c1cc(N)ncc1-c1ccc(S(C)(=O)=O)cc1. The van der Waals surface area contributed by atoms with E-state index in [2.05, 4.69) is 4.98 Å². The van der Waals surface area contributed by atoms with E-state index in [4.69, 9.17) is 10.5 Å². The number of hydrogen-bond acceptors (Lipinski definition) is 6. The van der Waals surface area contributed by atoms with Gasteiger partial charge in [-0.3, -0.25) is 0 Å². The van der Waals surface area contributed by atoms with Crippen LogP contribution in [0.25, 0.3) is 11.1 Å². The lowest BCUT2D eigenvalue weighted by molar-refractivity contribution is 0.0601. The Bertz CT molecular complexity index is 783. The summed E-state index contributed by atoms with van der Waals surface area (Å²) in [6, 6.07) is 7.59. The summed E-state index contributed by atoms with van der Waals surface area (Å²) >= 11 is 0.